The maximum Gasteiger partial charge on any atom is 0.248 e. The molecule has 1 saturated heterocycles. The second kappa shape index (κ2) is 5.31. The number of hydrogen-bond donors (Lipinski definition) is 1. The first-order valence-electron chi connectivity index (χ1n) is 6.23. The number of rotatable bonds is 2. The highest BCUT2D eigenvalue weighted by Crippen LogP contribution is 2.22. The fraction of sp³-hybridized carbons (Fsp3) is 0.214. The predicted octanol–water partition coefficient (Wildman–Crippen LogP) is 2.35. The number of amides is 1. The maximum absolute atomic E-state index is 11.9. The molecule has 1 N–H and O–H groups in total. The lowest BCUT2D eigenvalue weighted by molar-refractivity contribution is -0.112. The minimum Gasteiger partial charge on any atom is -0.322 e. The van der Waals surface area contributed by atoms with Crippen molar-refractivity contribution in [1.29, 1.82) is 5.26 Å². The van der Waals surface area contributed by atoms with Crippen LogP contribution in [0.3, 0.4) is 0 Å². The summed E-state index contributed by atoms with van der Waals surface area (Å²) >= 11 is 1.54. The normalized spacial score (nSPS) is 16.6. The summed E-state index contributed by atoms with van der Waals surface area (Å²) in [6.45, 7) is 1.25. The zero-order valence-electron chi connectivity index (χ0n) is 10.7. The highest BCUT2D eigenvalue weighted by atomic mass is 32.1. The van der Waals surface area contributed by atoms with E-state index in [4.69, 9.17) is 5.26 Å². The number of benzene rings is 1. The molecule has 1 aromatic heterocycles. The van der Waals surface area contributed by atoms with Crippen LogP contribution in [0.4, 0.5) is 5.69 Å². The topological polar surface area (TPSA) is 69.0 Å². The van der Waals surface area contributed by atoms with Crippen LogP contribution in [0.5, 0.6) is 0 Å². The average molecular weight is 284 g/mol. The van der Waals surface area contributed by atoms with Gasteiger partial charge in [0.15, 0.2) is 6.19 Å². The third kappa shape index (κ3) is 2.63. The molecule has 6 heteroatoms. The van der Waals surface area contributed by atoms with Gasteiger partial charge in [0.1, 0.15) is 0 Å². The van der Waals surface area contributed by atoms with E-state index >= 15 is 0 Å². The number of hydrogen-bond acceptors (Lipinski definition) is 5. The number of nitrogens with one attached hydrogen (secondary N) is 1. The minimum atomic E-state index is -0.149. The molecule has 100 valence electrons. The number of thiazole rings is 1. The molecular weight excluding hydrogens is 272 g/mol. The number of anilines is 1. The van der Waals surface area contributed by atoms with Gasteiger partial charge in [-0.3, -0.25) is 4.79 Å². The fourth-order valence-corrected chi connectivity index (χ4v) is 2.90. The molecule has 0 spiro atoms. The molecule has 1 aliphatic heterocycles. The van der Waals surface area contributed by atoms with Gasteiger partial charge in [0.05, 0.1) is 15.7 Å². The highest BCUT2D eigenvalue weighted by molar-refractivity contribution is 7.16. The monoisotopic (exact) mass is 284 g/mol. The summed E-state index contributed by atoms with van der Waals surface area (Å²) in [6.07, 6.45) is 4.45. The number of carbonyl (C=O) groups is 1. The summed E-state index contributed by atoms with van der Waals surface area (Å²) in [7, 11) is 0. The van der Waals surface area contributed by atoms with Crippen molar-refractivity contribution in [2.75, 3.05) is 18.4 Å². The molecule has 1 aromatic carbocycles. The van der Waals surface area contributed by atoms with Crippen LogP contribution in [0.15, 0.2) is 35.4 Å². The van der Waals surface area contributed by atoms with Gasteiger partial charge in [0.2, 0.25) is 5.91 Å². The molecule has 3 rings (SSSR count). The molecule has 2 aromatic rings. The van der Waals surface area contributed by atoms with Crippen molar-refractivity contribution < 1.29 is 4.79 Å². The van der Waals surface area contributed by atoms with E-state index in [9.17, 15) is 4.79 Å². The molecule has 0 bridgehead atoms. The van der Waals surface area contributed by atoms with Crippen molar-refractivity contribution in [2.45, 2.75) is 6.42 Å². The summed E-state index contributed by atoms with van der Waals surface area (Å²) in [6, 6.07) is 5.65. The lowest BCUT2D eigenvalue weighted by Gasteiger charge is -2.03. The number of nitriles is 1. The van der Waals surface area contributed by atoms with Crippen LogP contribution < -0.4 is 5.32 Å². The van der Waals surface area contributed by atoms with Crippen molar-refractivity contribution in [3.63, 3.8) is 0 Å². The zero-order valence-corrected chi connectivity index (χ0v) is 11.5. The zero-order chi connectivity index (χ0) is 13.9. The lowest BCUT2D eigenvalue weighted by Crippen LogP contribution is -2.12. The molecule has 0 saturated carbocycles. The van der Waals surface area contributed by atoms with Crippen LogP contribution in [0.1, 0.15) is 6.42 Å². The molecule has 1 aliphatic rings. The summed E-state index contributed by atoms with van der Waals surface area (Å²) in [5.41, 5.74) is 4.47. The van der Waals surface area contributed by atoms with Crippen LogP contribution in [-0.4, -0.2) is 28.9 Å². The van der Waals surface area contributed by atoms with Gasteiger partial charge in [0, 0.05) is 24.9 Å². The molecule has 0 atom stereocenters. The Morgan fingerprint density at radius 3 is 3.25 bits per heavy atom. The van der Waals surface area contributed by atoms with Crippen LogP contribution in [0.25, 0.3) is 10.2 Å². The quantitative estimate of drug-likeness (QED) is 0.679. The van der Waals surface area contributed by atoms with Gasteiger partial charge in [-0.25, -0.2) is 4.98 Å². The lowest BCUT2D eigenvalue weighted by atomic mass is 10.2. The van der Waals surface area contributed by atoms with Crippen LogP contribution in [-0.2, 0) is 4.79 Å². The molecule has 2 heterocycles. The summed E-state index contributed by atoms with van der Waals surface area (Å²) < 4.78 is 1.05. The van der Waals surface area contributed by atoms with Crippen LogP contribution in [0, 0.1) is 11.5 Å². The Bertz CT molecular complexity index is 728. The first-order chi connectivity index (χ1) is 9.74. The molecular formula is C14H12N4OS. The first kappa shape index (κ1) is 12.6. The van der Waals surface area contributed by atoms with Gasteiger partial charge < -0.3 is 10.2 Å². The van der Waals surface area contributed by atoms with Crippen molar-refractivity contribution in [1.82, 2.24) is 9.88 Å². The molecule has 20 heavy (non-hydrogen) atoms. The predicted molar refractivity (Wildman–Crippen MR) is 78.1 cm³/mol. The third-order valence-corrected chi connectivity index (χ3v) is 3.96. The Morgan fingerprint density at radius 2 is 2.45 bits per heavy atom. The molecule has 5 nitrogen and oxygen atoms in total. The smallest absolute Gasteiger partial charge is 0.248 e. The SMILES string of the molecule is N#CN1CCC(=CC(=O)Nc2ccc3ncsc3c2)C1. The van der Waals surface area contributed by atoms with Crippen LogP contribution >= 0.6 is 11.3 Å². The number of nitrogens with zero attached hydrogens (tertiary/aromatic N) is 3. The Morgan fingerprint density at radius 1 is 1.55 bits per heavy atom. The van der Waals surface area contributed by atoms with Crippen LogP contribution in [0.2, 0.25) is 0 Å². The second-order valence-electron chi connectivity index (χ2n) is 4.60. The van der Waals surface area contributed by atoms with Crippen molar-refractivity contribution in [2.24, 2.45) is 0 Å². The first-order valence-corrected chi connectivity index (χ1v) is 7.11. The van der Waals surface area contributed by atoms with E-state index in [1.54, 1.807) is 27.8 Å². The number of fused-ring (bicyclic) bond motifs is 1. The Balaban J connectivity index is 1.70. The van der Waals surface area contributed by atoms with Gasteiger partial charge in [0.25, 0.3) is 0 Å². The average Bonchev–Trinajstić information content (AvgIpc) is 3.06. The van der Waals surface area contributed by atoms with Gasteiger partial charge in [-0.1, -0.05) is 0 Å². The minimum absolute atomic E-state index is 0.149. The molecule has 1 fully saturated rings. The Kier molecular flexibility index (Phi) is 3.35. The number of aromatic nitrogens is 1. The summed E-state index contributed by atoms with van der Waals surface area (Å²) in [5, 5.41) is 11.6. The molecule has 0 aliphatic carbocycles. The Labute approximate surface area is 120 Å². The fourth-order valence-electron chi connectivity index (χ4n) is 2.18. The van der Waals surface area contributed by atoms with Gasteiger partial charge >= 0.3 is 0 Å². The summed E-state index contributed by atoms with van der Waals surface area (Å²) in [4.78, 5) is 17.8. The standard InChI is InChI=1S/C14H12N4OS/c15-8-18-4-3-10(7-18)5-14(19)17-11-1-2-12-13(6-11)20-9-16-12/h1-2,5-6,9H,3-4,7H2,(H,17,19). The van der Waals surface area contributed by atoms with Gasteiger partial charge in [-0.15, -0.1) is 11.3 Å². The largest absolute Gasteiger partial charge is 0.322 e. The van der Waals surface area contributed by atoms with Gasteiger partial charge in [-0.05, 0) is 30.2 Å². The molecule has 1 amide bonds. The van der Waals surface area contributed by atoms with Crippen molar-refractivity contribution in [3.8, 4) is 6.19 Å². The van der Waals surface area contributed by atoms with E-state index in [-0.39, 0.29) is 5.91 Å². The highest BCUT2D eigenvalue weighted by Gasteiger charge is 2.15. The third-order valence-electron chi connectivity index (χ3n) is 3.17. The van der Waals surface area contributed by atoms with E-state index in [1.807, 2.05) is 18.2 Å². The Hall–Kier alpha value is -2.39. The number of likely N-dealkylation sites (tertiary alicyclic amines) is 1. The second-order valence-corrected chi connectivity index (χ2v) is 5.48. The van der Waals surface area contributed by atoms with E-state index in [2.05, 4.69) is 16.5 Å². The van der Waals surface area contributed by atoms with Gasteiger partial charge in [-0.2, -0.15) is 5.26 Å². The maximum atomic E-state index is 11.9. The molecule has 0 unspecified atom stereocenters. The van der Waals surface area contributed by atoms with E-state index in [0.717, 1.165) is 27.9 Å². The van der Waals surface area contributed by atoms with Crippen molar-refractivity contribution >= 4 is 33.1 Å². The van der Waals surface area contributed by atoms with E-state index in [1.165, 1.54) is 0 Å². The van der Waals surface area contributed by atoms with E-state index < -0.39 is 0 Å². The van der Waals surface area contributed by atoms with Crippen molar-refractivity contribution in [3.05, 3.63) is 35.4 Å². The summed E-state index contributed by atoms with van der Waals surface area (Å²) in [5.74, 6) is -0.149. The number of carbonyl (C=O) groups excluding carboxylic acids is 1. The molecule has 0 radical (unpaired) electrons. The van der Waals surface area contributed by atoms with E-state index in [0.29, 0.717) is 13.1 Å².